The molecule has 11 rings (SSSR count). The molecule has 318 valence electrons. The van der Waals surface area contributed by atoms with Crippen LogP contribution in [-0.4, -0.2) is 0 Å². The molecule has 0 saturated heterocycles. The predicted molar refractivity (Wildman–Crippen MR) is 277 cm³/mol. The van der Waals surface area contributed by atoms with Crippen molar-refractivity contribution in [1.29, 1.82) is 0 Å². The minimum atomic E-state index is -0.414. The molecule has 0 N–H and O–H groups in total. The Hall–Kier alpha value is -5.53. The minimum Gasteiger partial charge on any atom is -0.456 e. The van der Waals surface area contributed by atoms with Crippen LogP contribution in [0.5, 0.6) is 11.5 Å². The van der Waals surface area contributed by atoms with Gasteiger partial charge in [-0.2, -0.15) is 0 Å². The first kappa shape index (κ1) is 43.7. The van der Waals surface area contributed by atoms with Gasteiger partial charge in [-0.05, 0) is 176 Å². The second kappa shape index (κ2) is 17.1. The summed E-state index contributed by atoms with van der Waals surface area (Å²) in [5, 5.41) is 1.29. The molecule has 9 aromatic rings. The lowest BCUT2D eigenvalue weighted by molar-refractivity contribution is 0.432. The molecule has 3 nitrogen and oxygen atoms in total. The number of hydrogen-bond acceptors (Lipinski definition) is 3. The van der Waals surface area contributed by atoms with Crippen LogP contribution in [0.1, 0.15) is 66.8 Å². The van der Waals surface area contributed by atoms with Gasteiger partial charge in [-0.1, -0.05) is 144 Å². The zero-order chi connectivity index (χ0) is 45.2. The van der Waals surface area contributed by atoms with Crippen molar-refractivity contribution in [3.8, 4) is 33.8 Å². The zero-order valence-corrected chi connectivity index (χ0v) is 41.9. The highest BCUT2D eigenvalue weighted by Gasteiger charge is 2.53. The monoisotopic (exact) mass is 1030 g/mol. The Bertz CT molecular complexity index is 3390. The van der Waals surface area contributed by atoms with Gasteiger partial charge in [-0.3, -0.25) is 4.79 Å². The van der Waals surface area contributed by atoms with E-state index in [-0.39, 0.29) is 5.43 Å². The quantitative estimate of drug-likeness (QED) is 0.154. The second-order valence-corrected chi connectivity index (χ2v) is 19.8. The van der Waals surface area contributed by atoms with Crippen molar-refractivity contribution in [3.63, 3.8) is 0 Å². The lowest BCUT2D eigenvalue weighted by Gasteiger charge is -2.40. The normalized spacial score (nSPS) is 14.1. The number of para-hydroxylation sites is 4. The summed E-state index contributed by atoms with van der Waals surface area (Å²) in [6, 6.07) is 48.0. The number of halogens is 3. The molecule has 6 heteroatoms. The van der Waals surface area contributed by atoms with Gasteiger partial charge in [0, 0.05) is 24.5 Å². The molecule has 0 saturated carbocycles. The van der Waals surface area contributed by atoms with Gasteiger partial charge < -0.3 is 9.15 Å². The Morgan fingerprint density at radius 1 is 0.469 bits per heavy atom. The number of ether oxygens (including phenoxy) is 1. The average Bonchev–Trinajstić information content (AvgIpc) is 3.57. The first-order valence-corrected chi connectivity index (χ1v) is 23.8. The fourth-order valence-corrected chi connectivity index (χ4v) is 11.8. The van der Waals surface area contributed by atoms with Crippen LogP contribution in [0.3, 0.4) is 0 Å². The molecule has 1 aliphatic heterocycles. The van der Waals surface area contributed by atoms with Crippen molar-refractivity contribution in [2.45, 2.75) is 60.8 Å². The Kier molecular flexibility index (Phi) is 11.7. The van der Waals surface area contributed by atoms with E-state index in [4.69, 9.17) is 9.15 Å². The van der Waals surface area contributed by atoms with Crippen LogP contribution in [-0.2, 0) is 5.41 Å². The van der Waals surface area contributed by atoms with Crippen LogP contribution >= 0.6 is 47.8 Å². The molecule has 1 aromatic heterocycles. The molecule has 0 bridgehead atoms. The van der Waals surface area contributed by atoms with Crippen LogP contribution in [0.15, 0.2) is 162 Å². The summed E-state index contributed by atoms with van der Waals surface area (Å²) < 4.78 is 15.7. The van der Waals surface area contributed by atoms with Gasteiger partial charge in [0.25, 0.3) is 0 Å². The summed E-state index contributed by atoms with van der Waals surface area (Å²) in [5.41, 5.74) is 21.3. The summed E-state index contributed by atoms with van der Waals surface area (Å²) in [6.45, 7) is 17.2. The highest BCUT2D eigenvalue weighted by Crippen LogP contribution is 2.65. The Balaban J connectivity index is 0.000000133. The third-order valence-corrected chi connectivity index (χ3v) is 14.5. The predicted octanol–water partition coefficient (Wildman–Crippen LogP) is 17.2. The van der Waals surface area contributed by atoms with Crippen molar-refractivity contribution in [2.75, 3.05) is 0 Å². The number of hydrogen-bond donors (Lipinski definition) is 0. The van der Waals surface area contributed by atoms with E-state index in [2.05, 4.69) is 193 Å². The number of benzene rings is 8. The van der Waals surface area contributed by atoms with Crippen LogP contribution in [0.25, 0.3) is 44.2 Å². The van der Waals surface area contributed by atoms with Crippen molar-refractivity contribution >= 4 is 69.7 Å². The Labute approximate surface area is 400 Å². The van der Waals surface area contributed by atoms with E-state index < -0.39 is 5.41 Å². The number of fused-ring (bicyclic) bond motifs is 11. The van der Waals surface area contributed by atoms with Crippen LogP contribution < -0.4 is 10.2 Å². The minimum absolute atomic E-state index is 0.0422. The molecule has 2 heterocycles. The van der Waals surface area contributed by atoms with Crippen molar-refractivity contribution in [3.05, 3.63) is 230 Å². The molecule has 64 heavy (non-hydrogen) atoms. The van der Waals surface area contributed by atoms with Crippen molar-refractivity contribution in [1.82, 2.24) is 0 Å². The first-order chi connectivity index (χ1) is 30.7. The van der Waals surface area contributed by atoms with Crippen molar-refractivity contribution in [2.24, 2.45) is 0 Å². The van der Waals surface area contributed by atoms with E-state index in [9.17, 15) is 4.79 Å². The van der Waals surface area contributed by atoms with E-state index in [0.717, 1.165) is 36.0 Å². The van der Waals surface area contributed by atoms with Crippen LogP contribution in [0.2, 0.25) is 0 Å². The zero-order valence-electron chi connectivity index (χ0n) is 37.1. The maximum atomic E-state index is 12.2. The Morgan fingerprint density at radius 2 is 1.11 bits per heavy atom. The maximum Gasteiger partial charge on any atom is 0.200 e. The molecule has 0 amide bonds. The van der Waals surface area contributed by atoms with E-state index >= 15 is 0 Å². The molecule has 0 fully saturated rings. The molecule has 8 aromatic carbocycles. The summed E-state index contributed by atoms with van der Waals surface area (Å²) in [7, 11) is 0. The highest BCUT2D eigenvalue weighted by atomic mass is 79.9. The topological polar surface area (TPSA) is 39.4 Å². The first-order valence-electron chi connectivity index (χ1n) is 21.4. The largest absolute Gasteiger partial charge is 0.456 e. The molecular formula is C58H47Br3O3. The van der Waals surface area contributed by atoms with Gasteiger partial charge in [-0.25, -0.2) is 0 Å². The molecule has 1 aliphatic carbocycles. The van der Waals surface area contributed by atoms with E-state index in [0.29, 0.717) is 21.9 Å². The second-order valence-electron chi connectivity index (χ2n) is 17.2. The molecular weight excluding hydrogens is 984 g/mol. The smallest absolute Gasteiger partial charge is 0.200 e. The molecule has 1 spiro atoms. The lowest BCUT2D eigenvalue weighted by atomic mass is 9.65. The number of aryl methyl sites for hydroxylation is 8. The van der Waals surface area contributed by atoms with Gasteiger partial charge >= 0.3 is 0 Å². The summed E-state index contributed by atoms with van der Waals surface area (Å²) in [5.74, 6) is 1.92. The van der Waals surface area contributed by atoms with E-state index in [1.807, 2.05) is 37.3 Å². The lowest BCUT2D eigenvalue weighted by Crippen LogP contribution is -2.33. The molecule has 2 aliphatic rings. The summed E-state index contributed by atoms with van der Waals surface area (Å²) in [6.07, 6.45) is 0. The Morgan fingerprint density at radius 3 is 1.89 bits per heavy atom. The molecule has 0 radical (unpaired) electrons. The van der Waals surface area contributed by atoms with E-state index in [1.54, 1.807) is 12.1 Å². The van der Waals surface area contributed by atoms with Crippen molar-refractivity contribution < 1.29 is 9.15 Å². The van der Waals surface area contributed by atoms with Gasteiger partial charge in [-0.15, -0.1) is 0 Å². The van der Waals surface area contributed by atoms with Gasteiger partial charge in [0.1, 0.15) is 22.7 Å². The summed E-state index contributed by atoms with van der Waals surface area (Å²) >= 11 is 11.2. The third-order valence-electron chi connectivity index (χ3n) is 12.7. The summed E-state index contributed by atoms with van der Waals surface area (Å²) in [4.78, 5) is 12.2. The van der Waals surface area contributed by atoms with E-state index in [1.165, 1.54) is 77.9 Å². The maximum absolute atomic E-state index is 12.2. The van der Waals surface area contributed by atoms with Crippen LogP contribution in [0, 0.1) is 55.4 Å². The molecule has 1 unspecified atom stereocenters. The highest BCUT2D eigenvalue weighted by molar-refractivity contribution is 9.11. The van der Waals surface area contributed by atoms with Crippen LogP contribution in [0.4, 0.5) is 0 Å². The van der Waals surface area contributed by atoms with Gasteiger partial charge in [0.15, 0.2) is 0 Å². The van der Waals surface area contributed by atoms with Gasteiger partial charge in [0.2, 0.25) is 5.43 Å². The third kappa shape index (κ3) is 7.28. The molecule has 1 atom stereocenters. The fraction of sp³-hybridized carbons (Fsp3) is 0.155. The fourth-order valence-electron chi connectivity index (χ4n) is 9.95. The van der Waals surface area contributed by atoms with Gasteiger partial charge in [0.05, 0.1) is 16.2 Å². The number of rotatable bonds is 1. The standard InChI is InChI=1S/C29H23BrO.C15H14Br2.C14H10O2/c1-16-14-19(4)25-22(15-16)29(27-23(30)13-12-17(2)26(25)27)20-9-5-6-11-24(20)31-28-18(3)8-7-10-21(28)29;1-9-6-11(3)15(14(17)7-9)13-8-12(16)5-4-10(13)2;1-9-5-4-7-11-13(15)10-6-2-3-8-12(10)16-14(9)11/h5-15H,1-4H3;4-8H,1-3H3;2-8H,1H3. The SMILES string of the molecule is Cc1cc(C)c(-c2cc(Br)ccc2C)c(Br)c1.Cc1cc(C)c2c(c1)C1(c3ccccc3Oc3c(C)cccc31)c1c(Br)ccc(C)c1-2.Cc1cccc2c(=O)c3ccccc3oc12. The average molecular weight is 1030 g/mol.